The van der Waals surface area contributed by atoms with Gasteiger partial charge in [-0.25, -0.2) is 0 Å². The number of benzene rings is 1. The Balaban J connectivity index is 1.41. The molecule has 5 heteroatoms. The average molecular weight is 298 g/mol. The van der Waals surface area contributed by atoms with Crippen molar-refractivity contribution in [1.82, 2.24) is 19.7 Å². The second-order valence-corrected chi connectivity index (χ2v) is 6.29. The van der Waals surface area contributed by atoms with Crippen molar-refractivity contribution in [3.05, 3.63) is 47.5 Å². The van der Waals surface area contributed by atoms with E-state index in [4.69, 9.17) is 4.74 Å². The van der Waals surface area contributed by atoms with Crippen molar-refractivity contribution in [2.75, 3.05) is 26.3 Å². The van der Waals surface area contributed by atoms with Gasteiger partial charge in [-0.05, 0) is 17.9 Å². The quantitative estimate of drug-likeness (QED) is 0.858. The lowest BCUT2D eigenvalue weighted by atomic mass is 9.98. The highest BCUT2D eigenvalue weighted by Crippen LogP contribution is 2.24. The van der Waals surface area contributed by atoms with E-state index in [0.29, 0.717) is 5.92 Å². The number of morpholine rings is 1. The van der Waals surface area contributed by atoms with Crippen molar-refractivity contribution in [3.63, 3.8) is 0 Å². The van der Waals surface area contributed by atoms with Crippen molar-refractivity contribution in [3.8, 4) is 0 Å². The molecule has 0 amide bonds. The van der Waals surface area contributed by atoms with E-state index in [-0.39, 0.29) is 0 Å². The van der Waals surface area contributed by atoms with Crippen LogP contribution in [0.15, 0.2) is 30.3 Å². The first-order valence-electron chi connectivity index (χ1n) is 8.13. The summed E-state index contributed by atoms with van der Waals surface area (Å²) in [5, 5.41) is 8.81. The molecule has 2 aliphatic rings. The van der Waals surface area contributed by atoms with Crippen LogP contribution in [-0.2, 0) is 30.7 Å². The predicted molar refractivity (Wildman–Crippen MR) is 83.5 cm³/mol. The Kier molecular flexibility index (Phi) is 3.91. The molecule has 1 saturated heterocycles. The maximum Gasteiger partial charge on any atom is 0.147 e. The van der Waals surface area contributed by atoms with Crippen LogP contribution in [0.1, 0.15) is 17.2 Å². The zero-order valence-electron chi connectivity index (χ0n) is 12.8. The van der Waals surface area contributed by atoms with Crippen molar-refractivity contribution < 1.29 is 4.74 Å². The van der Waals surface area contributed by atoms with Crippen molar-refractivity contribution >= 4 is 0 Å². The van der Waals surface area contributed by atoms with Crippen LogP contribution in [0.5, 0.6) is 0 Å². The summed E-state index contributed by atoms with van der Waals surface area (Å²) < 4.78 is 7.75. The van der Waals surface area contributed by atoms with Gasteiger partial charge < -0.3 is 9.30 Å². The number of aromatic nitrogens is 3. The van der Waals surface area contributed by atoms with Crippen LogP contribution in [-0.4, -0.2) is 46.0 Å². The second kappa shape index (κ2) is 6.18. The Morgan fingerprint density at radius 1 is 1.09 bits per heavy atom. The van der Waals surface area contributed by atoms with E-state index in [0.717, 1.165) is 63.9 Å². The average Bonchev–Trinajstić information content (AvgIpc) is 3.11. The smallest absolute Gasteiger partial charge is 0.147 e. The summed E-state index contributed by atoms with van der Waals surface area (Å²) >= 11 is 0. The van der Waals surface area contributed by atoms with Gasteiger partial charge in [0.25, 0.3) is 0 Å². The predicted octanol–water partition coefficient (Wildman–Crippen LogP) is 1.53. The van der Waals surface area contributed by atoms with Gasteiger partial charge in [0, 0.05) is 26.1 Å². The van der Waals surface area contributed by atoms with Gasteiger partial charge in [-0.3, -0.25) is 4.90 Å². The number of hydrogen-bond acceptors (Lipinski definition) is 4. The fourth-order valence-corrected chi connectivity index (χ4v) is 3.48. The minimum Gasteiger partial charge on any atom is -0.379 e. The molecule has 1 aromatic carbocycles. The Hall–Kier alpha value is -1.72. The summed E-state index contributed by atoms with van der Waals surface area (Å²) in [5.41, 5.74) is 1.42. The molecule has 0 aliphatic carbocycles. The van der Waals surface area contributed by atoms with E-state index >= 15 is 0 Å². The second-order valence-electron chi connectivity index (χ2n) is 6.29. The van der Waals surface area contributed by atoms with Gasteiger partial charge in [0.15, 0.2) is 0 Å². The third-order valence-corrected chi connectivity index (χ3v) is 4.65. The van der Waals surface area contributed by atoms with Crippen LogP contribution in [0, 0.1) is 5.92 Å². The lowest BCUT2D eigenvalue weighted by molar-refractivity contribution is 0.0325. The van der Waals surface area contributed by atoms with E-state index < -0.39 is 0 Å². The summed E-state index contributed by atoms with van der Waals surface area (Å²) in [4.78, 5) is 2.41. The Bertz CT molecular complexity index is 619. The number of ether oxygens (including phenoxy) is 1. The molecule has 0 radical (unpaired) electrons. The van der Waals surface area contributed by atoms with Gasteiger partial charge >= 0.3 is 0 Å². The van der Waals surface area contributed by atoms with Crippen molar-refractivity contribution in [1.29, 1.82) is 0 Å². The SMILES string of the molecule is c1ccc(CC2Cc3nnc(CN4CCOCC4)n3C2)cc1. The van der Waals surface area contributed by atoms with E-state index in [1.165, 1.54) is 5.56 Å². The van der Waals surface area contributed by atoms with Crippen LogP contribution in [0.25, 0.3) is 0 Å². The summed E-state index contributed by atoms with van der Waals surface area (Å²) in [6.45, 7) is 5.60. The molecule has 0 saturated carbocycles. The first kappa shape index (κ1) is 13.9. The zero-order valence-corrected chi connectivity index (χ0v) is 12.8. The fraction of sp³-hybridized carbons (Fsp3) is 0.529. The van der Waals surface area contributed by atoms with Crippen molar-refractivity contribution in [2.24, 2.45) is 5.92 Å². The molecule has 1 fully saturated rings. The molecule has 2 aliphatic heterocycles. The molecule has 1 unspecified atom stereocenters. The number of nitrogens with zero attached hydrogens (tertiary/aromatic N) is 4. The third-order valence-electron chi connectivity index (χ3n) is 4.65. The summed E-state index contributed by atoms with van der Waals surface area (Å²) in [6.07, 6.45) is 2.17. The molecule has 22 heavy (non-hydrogen) atoms. The van der Waals surface area contributed by atoms with E-state index in [2.05, 4.69) is 50.0 Å². The molecule has 4 rings (SSSR count). The standard InChI is InChI=1S/C17H22N4O/c1-2-4-14(5-3-1)10-15-11-16-18-19-17(21(16)12-15)13-20-6-8-22-9-7-20/h1-5,15H,6-13H2. The fourth-order valence-electron chi connectivity index (χ4n) is 3.48. The highest BCUT2D eigenvalue weighted by molar-refractivity contribution is 5.16. The summed E-state index contributed by atoms with van der Waals surface area (Å²) in [5.74, 6) is 2.92. The molecular weight excluding hydrogens is 276 g/mol. The van der Waals surface area contributed by atoms with Crippen molar-refractivity contribution in [2.45, 2.75) is 25.9 Å². The molecule has 0 bridgehead atoms. The Morgan fingerprint density at radius 3 is 2.73 bits per heavy atom. The van der Waals surface area contributed by atoms with Crippen LogP contribution in [0.4, 0.5) is 0 Å². The third kappa shape index (κ3) is 2.91. The summed E-state index contributed by atoms with van der Waals surface area (Å²) in [6, 6.07) is 10.7. The molecule has 3 heterocycles. The Morgan fingerprint density at radius 2 is 1.91 bits per heavy atom. The molecule has 1 atom stereocenters. The highest BCUT2D eigenvalue weighted by Gasteiger charge is 2.27. The molecule has 2 aromatic rings. The van der Waals surface area contributed by atoms with Crippen LogP contribution >= 0.6 is 0 Å². The summed E-state index contributed by atoms with van der Waals surface area (Å²) in [7, 11) is 0. The highest BCUT2D eigenvalue weighted by atomic mass is 16.5. The Labute approximate surface area is 130 Å². The number of hydrogen-bond donors (Lipinski definition) is 0. The van der Waals surface area contributed by atoms with Crippen LogP contribution < -0.4 is 0 Å². The minimum atomic E-state index is 0.649. The van der Waals surface area contributed by atoms with E-state index in [1.807, 2.05) is 0 Å². The first-order chi connectivity index (χ1) is 10.9. The maximum absolute atomic E-state index is 5.41. The van der Waals surface area contributed by atoms with E-state index in [1.54, 1.807) is 0 Å². The number of rotatable bonds is 4. The lowest BCUT2D eigenvalue weighted by Crippen LogP contribution is -2.36. The van der Waals surface area contributed by atoms with E-state index in [9.17, 15) is 0 Å². The molecular formula is C17H22N4O. The first-order valence-corrected chi connectivity index (χ1v) is 8.13. The zero-order chi connectivity index (χ0) is 14.8. The molecule has 0 N–H and O–H groups in total. The van der Waals surface area contributed by atoms with Gasteiger partial charge in [-0.2, -0.15) is 0 Å². The van der Waals surface area contributed by atoms with Crippen LogP contribution in [0.2, 0.25) is 0 Å². The number of fused-ring (bicyclic) bond motifs is 1. The van der Waals surface area contributed by atoms with Crippen LogP contribution in [0.3, 0.4) is 0 Å². The molecule has 1 aromatic heterocycles. The van der Waals surface area contributed by atoms with Gasteiger partial charge in [0.1, 0.15) is 11.6 Å². The largest absolute Gasteiger partial charge is 0.379 e. The topological polar surface area (TPSA) is 43.2 Å². The monoisotopic (exact) mass is 298 g/mol. The van der Waals surface area contributed by atoms with Gasteiger partial charge in [0.05, 0.1) is 19.8 Å². The lowest BCUT2D eigenvalue weighted by Gasteiger charge is -2.26. The van der Waals surface area contributed by atoms with Gasteiger partial charge in [0.2, 0.25) is 0 Å². The maximum atomic E-state index is 5.41. The van der Waals surface area contributed by atoms with Gasteiger partial charge in [-0.1, -0.05) is 30.3 Å². The molecule has 5 nitrogen and oxygen atoms in total. The van der Waals surface area contributed by atoms with Gasteiger partial charge in [-0.15, -0.1) is 10.2 Å². The molecule has 116 valence electrons. The normalized spacial score (nSPS) is 21.9. The molecule has 0 spiro atoms. The minimum absolute atomic E-state index is 0.649.